The summed E-state index contributed by atoms with van der Waals surface area (Å²) in [5.41, 5.74) is 0.0469. The number of carbonyl (C=O) groups is 1. The third-order valence-electron chi connectivity index (χ3n) is 2.66. The van der Waals surface area contributed by atoms with Gasteiger partial charge in [0.2, 0.25) is 0 Å². The molecule has 0 aliphatic heterocycles. The van der Waals surface area contributed by atoms with Crippen molar-refractivity contribution < 1.29 is 14.1 Å². The SMILES string of the molecule is O=C(NCc1ccc(F)cc1)c1cc(Cl)ncc1[N+](=O)[O-]. The van der Waals surface area contributed by atoms with Crippen molar-refractivity contribution in [3.63, 3.8) is 0 Å². The second-order valence-corrected chi connectivity index (χ2v) is 4.48. The maximum Gasteiger partial charge on any atom is 0.300 e. The number of hydrogen-bond donors (Lipinski definition) is 1. The number of pyridine rings is 1. The summed E-state index contributed by atoms with van der Waals surface area (Å²) in [6.07, 6.45) is 0.926. The highest BCUT2D eigenvalue weighted by molar-refractivity contribution is 6.29. The Hall–Kier alpha value is -2.54. The van der Waals surface area contributed by atoms with E-state index in [0.717, 1.165) is 12.3 Å². The van der Waals surface area contributed by atoms with E-state index < -0.39 is 16.5 Å². The van der Waals surface area contributed by atoms with Gasteiger partial charge in [0.15, 0.2) is 0 Å². The summed E-state index contributed by atoms with van der Waals surface area (Å²) in [5, 5.41) is 13.3. The van der Waals surface area contributed by atoms with Gasteiger partial charge in [0, 0.05) is 6.54 Å². The summed E-state index contributed by atoms with van der Waals surface area (Å²) in [6.45, 7) is 0.107. The van der Waals surface area contributed by atoms with Crippen LogP contribution < -0.4 is 5.32 Å². The molecule has 21 heavy (non-hydrogen) atoms. The number of hydrogen-bond acceptors (Lipinski definition) is 4. The molecule has 1 aromatic heterocycles. The zero-order valence-electron chi connectivity index (χ0n) is 10.5. The summed E-state index contributed by atoms with van der Waals surface area (Å²) >= 11 is 5.64. The molecule has 0 fully saturated rings. The zero-order chi connectivity index (χ0) is 15.4. The Morgan fingerprint density at radius 1 is 1.38 bits per heavy atom. The van der Waals surface area contributed by atoms with Crippen molar-refractivity contribution in [2.75, 3.05) is 0 Å². The number of amides is 1. The van der Waals surface area contributed by atoms with Crippen LogP contribution in [0.3, 0.4) is 0 Å². The van der Waals surface area contributed by atoms with E-state index in [0.29, 0.717) is 5.56 Å². The minimum Gasteiger partial charge on any atom is -0.348 e. The second-order valence-electron chi connectivity index (χ2n) is 4.09. The number of carbonyl (C=O) groups excluding carboxylic acids is 1. The highest BCUT2D eigenvalue weighted by atomic mass is 35.5. The lowest BCUT2D eigenvalue weighted by Gasteiger charge is -2.06. The molecule has 0 radical (unpaired) electrons. The average Bonchev–Trinajstić information content (AvgIpc) is 2.46. The lowest BCUT2D eigenvalue weighted by atomic mass is 10.2. The predicted molar refractivity (Wildman–Crippen MR) is 73.5 cm³/mol. The summed E-state index contributed by atoms with van der Waals surface area (Å²) in [6, 6.07) is 6.65. The van der Waals surface area contributed by atoms with E-state index in [-0.39, 0.29) is 23.1 Å². The van der Waals surface area contributed by atoms with Crippen molar-refractivity contribution in [3.05, 3.63) is 68.7 Å². The smallest absolute Gasteiger partial charge is 0.300 e. The Balaban J connectivity index is 2.15. The summed E-state index contributed by atoms with van der Waals surface area (Å²) in [5.74, 6) is -1.04. The molecule has 1 N–H and O–H groups in total. The van der Waals surface area contributed by atoms with Gasteiger partial charge in [-0.3, -0.25) is 14.9 Å². The Morgan fingerprint density at radius 3 is 2.67 bits per heavy atom. The number of nitrogens with zero attached hydrogens (tertiary/aromatic N) is 2. The average molecular weight is 310 g/mol. The quantitative estimate of drug-likeness (QED) is 0.534. The number of halogens is 2. The van der Waals surface area contributed by atoms with Crippen LogP contribution in [0.5, 0.6) is 0 Å². The molecule has 2 aromatic rings. The van der Waals surface area contributed by atoms with E-state index in [9.17, 15) is 19.3 Å². The normalized spacial score (nSPS) is 10.2. The fourth-order valence-electron chi connectivity index (χ4n) is 1.63. The third-order valence-corrected chi connectivity index (χ3v) is 2.86. The summed E-state index contributed by atoms with van der Waals surface area (Å²) in [4.78, 5) is 25.7. The van der Waals surface area contributed by atoms with Crippen LogP contribution in [0.25, 0.3) is 0 Å². The lowest BCUT2D eigenvalue weighted by molar-refractivity contribution is -0.385. The summed E-state index contributed by atoms with van der Waals surface area (Å²) < 4.78 is 12.8. The maximum atomic E-state index is 12.8. The van der Waals surface area contributed by atoms with Crippen LogP contribution >= 0.6 is 11.6 Å². The van der Waals surface area contributed by atoms with E-state index in [1.807, 2.05) is 0 Å². The van der Waals surface area contributed by atoms with E-state index in [4.69, 9.17) is 11.6 Å². The summed E-state index contributed by atoms with van der Waals surface area (Å²) in [7, 11) is 0. The molecule has 108 valence electrons. The molecule has 1 amide bonds. The fraction of sp³-hybridized carbons (Fsp3) is 0.0769. The van der Waals surface area contributed by atoms with Crippen LogP contribution in [-0.4, -0.2) is 15.8 Å². The minimum absolute atomic E-state index is 0.0208. The molecule has 6 nitrogen and oxygen atoms in total. The number of nitro groups is 1. The van der Waals surface area contributed by atoms with E-state index in [2.05, 4.69) is 10.3 Å². The third kappa shape index (κ3) is 3.73. The van der Waals surface area contributed by atoms with Gasteiger partial charge in [0.25, 0.3) is 11.6 Å². The van der Waals surface area contributed by atoms with Crippen LogP contribution in [0.2, 0.25) is 5.15 Å². The molecule has 1 aromatic carbocycles. The second kappa shape index (κ2) is 6.27. The van der Waals surface area contributed by atoms with Gasteiger partial charge in [-0.15, -0.1) is 0 Å². The van der Waals surface area contributed by atoms with Gasteiger partial charge in [0.1, 0.15) is 22.7 Å². The van der Waals surface area contributed by atoms with Crippen molar-refractivity contribution in [3.8, 4) is 0 Å². The van der Waals surface area contributed by atoms with E-state index in [1.54, 1.807) is 0 Å². The molecule has 0 aliphatic carbocycles. The number of benzene rings is 1. The van der Waals surface area contributed by atoms with Crippen molar-refractivity contribution in [1.82, 2.24) is 10.3 Å². The van der Waals surface area contributed by atoms with Gasteiger partial charge in [-0.25, -0.2) is 9.37 Å². The van der Waals surface area contributed by atoms with Gasteiger partial charge < -0.3 is 5.32 Å². The van der Waals surface area contributed by atoms with Crippen LogP contribution in [0.4, 0.5) is 10.1 Å². The van der Waals surface area contributed by atoms with Crippen molar-refractivity contribution in [2.45, 2.75) is 6.54 Å². The Morgan fingerprint density at radius 2 is 2.05 bits per heavy atom. The molecule has 0 atom stereocenters. The van der Waals surface area contributed by atoms with Gasteiger partial charge in [-0.05, 0) is 23.8 Å². The van der Waals surface area contributed by atoms with Gasteiger partial charge in [0.05, 0.1) is 4.92 Å². The Bertz CT molecular complexity index is 692. The highest BCUT2D eigenvalue weighted by Gasteiger charge is 2.21. The molecule has 8 heteroatoms. The van der Waals surface area contributed by atoms with Gasteiger partial charge >= 0.3 is 0 Å². The molecule has 0 aliphatic rings. The predicted octanol–water partition coefficient (Wildman–Crippen LogP) is 2.71. The Labute approximate surface area is 123 Å². The fourth-order valence-corrected chi connectivity index (χ4v) is 1.79. The maximum absolute atomic E-state index is 12.8. The first-order valence-corrected chi connectivity index (χ1v) is 6.18. The highest BCUT2D eigenvalue weighted by Crippen LogP contribution is 2.20. The molecule has 1 heterocycles. The van der Waals surface area contributed by atoms with Crippen molar-refractivity contribution >= 4 is 23.2 Å². The Kier molecular flexibility index (Phi) is 4.44. The lowest BCUT2D eigenvalue weighted by Crippen LogP contribution is -2.23. The largest absolute Gasteiger partial charge is 0.348 e. The molecular formula is C13H9ClFN3O3. The first kappa shape index (κ1) is 14.9. The zero-order valence-corrected chi connectivity index (χ0v) is 11.3. The first-order chi connectivity index (χ1) is 9.97. The topological polar surface area (TPSA) is 85.1 Å². The number of rotatable bonds is 4. The van der Waals surface area contributed by atoms with Crippen LogP contribution in [0.15, 0.2) is 36.5 Å². The molecule has 0 saturated carbocycles. The number of aromatic nitrogens is 1. The van der Waals surface area contributed by atoms with Gasteiger partial charge in [-0.1, -0.05) is 23.7 Å². The molecule has 0 bridgehead atoms. The first-order valence-electron chi connectivity index (χ1n) is 5.80. The minimum atomic E-state index is -0.712. The molecular weight excluding hydrogens is 301 g/mol. The van der Waals surface area contributed by atoms with Crippen molar-refractivity contribution in [2.24, 2.45) is 0 Å². The monoisotopic (exact) mass is 309 g/mol. The molecule has 0 saturated heterocycles. The standard InChI is InChI=1S/C13H9ClFN3O3/c14-12-5-10(11(7-16-12)18(20)21)13(19)17-6-8-1-3-9(15)4-2-8/h1-5,7H,6H2,(H,17,19). The van der Waals surface area contributed by atoms with Gasteiger partial charge in [-0.2, -0.15) is 0 Å². The van der Waals surface area contributed by atoms with E-state index in [1.165, 1.54) is 24.3 Å². The van der Waals surface area contributed by atoms with Crippen LogP contribution in [0, 0.1) is 15.9 Å². The number of nitrogens with one attached hydrogen (secondary N) is 1. The van der Waals surface area contributed by atoms with Crippen molar-refractivity contribution in [1.29, 1.82) is 0 Å². The van der Waals surface area contributed by atoms with E-state index >= 15 is 0 Å². The molecule has 0 spiro atoms. The van der Waals surface area contributed by atoms with Crippen LogP contribution in [0.1, 0.15) is 15.9 Å². The molecule has 2 rings (SSSR count). The van der Waals surface area contributed by atoms with Crippen LogP contribution in [-0.2, 0) is 6.54 Å². The molecule has 0 unspecified atom stereocenters.